The van der Waals surface area contributed by atoms with Crippen LogP contribution in [0.15, 0.2) is 6.07 Å². The highest BCUT2D eigenvalue weighted by Gasteiger charge is 2.03. The van der Waals surface area contributed by atoms with Gasteiger partial charge in [0.05, 0.1) is 0 Å². The summed E-state index contributed by atoms with van der Waals surface area (Å²) in [5, 5.41) is 0.819. The van der Waals surface area contributed by atoms with Gasteiger partial charge in [-0.05, 0) is 24.1 Å². The lowest BCUT2D eigenvalue weighted by Gasteiger charge is -2.03. The minimum atomic E-state index is 0.390. The maximum Gasteiger partial charge on any atom is 0.134 e. The molecular weight excluding hydrogens is 183 g/mol. The normalized spacial score (nSPS) is 10.2. The van der Waals surface area contributed by atoms with E-state index in [0.717, 1.165) is 11.1 Å². The van der Waals surface area contributed by atoms with Crippen LogP contribution in [0.25, 0.3) is 0 Å². The summed E-state index contributed by atoms with van der Waals surface area (Å²) in [7, 11) is 0. The Labute approximate surface area is 75.3 Å². The van der Waals surface area contributed by atoms with E-state index in [-0.39, 0.29) is 0 Å². The van der Waals surface area contributed by atoms with Gasteiger partial charge in [0.2, 0.25) is 0 Å². The van der Waals surface area contributed by atoms with Gasteiger partial charge in [-0.2, -0.15) is 0 Å². The van der Waals surface area contributed by atoms with Crippen molar-refractivity contribution in [1.82, 2.24) is 4.98 Å². The van der Waals surface area contributed by atoms with E-state index in [4.69, 9.17) is 28.9 Å². The van der Waals surface area contributed by atoms with Crippen molar-refractivity contribution < 1.29 is 0 Å². The van der Waals surface area contributed by atoms with E-state index in [2.05, 4.69) is 4.98 Å². The molecule has 0 spiro atoms. The molecule has 1 rings (SSSR count). The first kappa shape index (κ1) is 8.78. The highest BCUT2D eigenvalue weighted by atomic mass is 35.5. The molecule has 4 heteroatoms. The number of hydrogen-bond acceptors (Lipinski definition) is 2. The Morgan fingerprint density at radius 2 is 2.18 bits per heavy atom. The molecule has 0 aliphatic heterocycles. The Hall–Kier alpha value is -0.310. The van der Waals surface area contributed by atoms with Crippen molar-refractivity contribution in [3.63, 3.8) is 0 Å². The predicted molar refractivity (Wildman–Crippen MR) is 46.9 cm³/mol. The highest BCUT2D eigenvalue weighted by molar-refractivity contribution is 6.33. The van der Waals surface area contributed by atoms with Crippen LogP contribution in [0.5, 0.6) is 0 Å². The van der Waals surface area contributed by atoms with Gasteiger partial charge in [-0.25, -0.2) is 4.98 Å². The molecule has 2 N–H and O–H groups in total. The number of nitrogens with zero attached hydrogens (tertiary/aromatic N) is 1. The fraction of sp³-hybridized carbons (Fsp3) is 0.286. The molecule has 60 valence electrons. The quantitative estimate of drug-likeness (QED) is 0.690. The third-order valence-electron chi connectivity index (χ3n) is 1.51. The Morgan fingerprint density at radius 1 is 1.55 bits per heavy atom. The van der Waals surface area contributed by atoms with E-state index in [1.165, 1.54) is 0 Å². The molecule has 0 bridgehead atoms. The molecule has 1 heterocycles. The first-order valence-electron chi connectivity index (χ1n) is 3.16. The van der Waals surface area contributed by atoms with Crippen molar-refractivity contribution in [2.24, 2.45) is 5.73 Å². The fourth-order valence-electron chi connectivity index (χ4n) is 0.806. The summed E-state index contributed by atoms with van der Waals surface area (Å²) in [6.07, 6.45) is 0. The molecule has 0 aliphatic carbocycles. The summed E-state index contributed by atoms with van der Waals surface area (Å²) in [6.45, 7) is 2.31. The van der Waals surface area contributed by atoms with Crippen LogP contribution < -0.4 is 5.73 Å². The largest absolute Gasteiger partial charge is 0.326 e. The SMILES string of the molecule is Cc1c(CN)cc(Cl)nc1Cl. The van der Waals surface area contributed by atoms with Crippen molar-refractivity contribution in [3.8, 4) is 0 Å². The second kappa shape index (κ2) is 3.39. The van der Waals surface area contributed by atoms with Crippen LogP contribution in [-0.4, -0.2) is 4.98 Å². The van der Waals surface area contributed by atoms with E-state index in [0.29, 0.717) is 16.9 Å². The molecule has 0 fully saturated rings. The van der Waals surface area contributed by atoms with Gasteiger partial charge in [0.25, 0.3) is 0 Å². The number of hydrogen-bond donors (Lipinski definition) is 1. The van der Waals surface area contributed by atoms with Gasteiger partial charge in [0, 0.05) is 6.54 Å². The standard InChI is InChI=1S/C7H8Cl2N2/c1-4-5(3-10)2-6(8)11-7(4)9/h2H,3,10H2,1H3. The maximum atomic E-state index is 5.75. The van der Waals surface area contributed by atoms with Crippen LogP contribution in [0.3, 0.4) is 0 Å². The highest BCUT2D eigenvalue weighted by Crippen LogP contribution is 2.19. The van der Waals surface area contributed by atoms with Gasteiger partial charge >= 0.3 is 0 Å². The lowest BCUT2D eigenvalue weighted by Crippen LogP contribution is -2.00. The van der Waals surface area contributed by atoms with Crippen LogP contribution in [0.2, 0.25) is 10.3 Å². The van der Waals surface area contributed by atoms with Gasteiger partial charge in [-0.15, -0.1) is 0 Å². The molecule has 2 nitrogen and oxygen atoms in total. The summed E-state index contributed by atoms with van der Waals surface area (Å²) in [5.41, 5.74) is 7.28. The van der Waals surface area contributed by atoms with Crippen molar-refractivity contribution in [2.75, 3.05) is 0 Å². The summed E-state index contributed by atoms with van der Waals surface area (Å²) in [6, 6.07) is 1.72. The molecule has 0 aliphatic rings. The van der Waals surface area contributed by atoms with Crippen LogP contribution >= 0.6 is 23.2 Å². The minimum absolute atomic E-state index is 0.390. The molecule has 0 saturated heterocycles. The number of aromatic nitrogens is 1. The Bertz CT molecular complexity index is 273. The van der Waals surface area contributed by atoms with Crippen LogP contribution in [0.4, 0.5) is 0 Å². The molecule has 0 amide bonds. The van der Waals surface area contributed by atoms with Crippen molar-refractivity contribution in [3.05, 3.63) is 27.5 Å². The maximum absolute atomic E-state index is 5.75. The molecule has 0 unspecified atom stereocenters. The lowest BCUT2D eigenvalue weighted by atomic mass is 10.2. The molecule has 11 heavy (non-hydrogen) atoms. The van der Waals surface area contributed by atoms with Gasteiger partial charge in [-0.3, -0.25) is 0 Å². The van der Waals surface area contributed by atoms with Gasteiger partial charge in [0.1, 0.15) is 10.3 Å². The van der Waals surface area contributed by atoms with E-state index in [1.807, 2.05) is 6.92 Å². The summed E-state index contributed by atoms with van der Waals surface area (Å²) >= 11 is 11.4. The summed E-state index contributed by atoms with van der Waals surface area (Å²) < 4.78 is 0. The third kappa shape index (κ3) is 1.83. The number of halogens is 2. The first-order valence-corrected chi connectivity index (χ1v) is 3.92. The van der Waals surface area contributed by atoms with Crippen molar-refractivity contribution in [1.29, 1.82) is 0 Å². The average molecular weight is 191 g/mol. The topological polar surface area (TPSA) is 38.9 Å². The van der Waals surface area contributed by atoms with Crippen LogP contribution in [-0.2, 0) is 6.54 Å². The first-order chi connectivity index (χ1) is 5.15. The molecular formula is C7H8Cl2N2. The second-order valence-electron chi connectivity index (χ2n) is 2.22. The van der Waals surface area contributed by atoms with Gasteiger partial charge in [0.15, 0.2) is 0 Å². The zero-order chi connectivity index (χ0) is 8.43. The monoisotopic (exact) mass is 190 g/mol. The molecule has 0 atom stereocenters. The Balaban J connectivity index is 3.24. The fourth-order valence-corrected chi connectivity index (χ4v) is 1.28. The zero-order valence-electron chi connectivity index (χ0n) is 6.06. The molecule has 0 radical (unpaired) electrons. The smallest absolute Gasteiger partial charge is 0.134 e. The zero-order valence-corrected chi connectivity index (χ0v) is 7.58. The molecule has 0 aromatic carbocycles. The van der Waals surface area contributed by atoms with E-state index >= 15 is 0 Å². The molecule has 1 aromatic heterocycles. The molecule has 1 aromatic rings. The van der Waals surface area contributed by atoms with Crippen LogP contribution in [0, 0.1) is 6.92 Å². The number of nitrogens with two attached hydrogens (primary N) is 1. The summed E-state index contributed by atoms with van der Waals surface area (Å²) in [4.78, 5) is 3.86. The predicted octanol–water partition coefficient (Wildman–Crippen LogP) is 2.16. The second-order valence-corrected chi connectivity index (χ2v) is 2.97. The Kier molecular flexibility index (Phi) is 2.71. The van der Waals surface area contributed by atoms with E-state index in [9.17, 15) is 0 Å². The van der Waals surface area contributed by atoms with Crippen LogP contribution in [0.1, 0.15) is 11.1 Å². The van der Waals surface area contributed by atoms with Gasteiger partial charge in [-0.1, -0.05) is 23.2 Å². The van der Waals surface area contributed by atoms with Crippen molar-refractivity contribution >= 4 is 23.2 Å². The number of pyridine rings is 1. The lowest BCUT2D eigenvalue weighted by molar-refractivity contribution is 1.03. The van der Waals surface area contributed by atoms with Crippen molar-refractivity contribution in [2.45, 2.75) is 13.5 Å². The average Bonchev–Trinajstić information content (AvgIpc) is 1.96. The molecule has 0 saturated carbocycles. The van der Waals surface area contributed by atoms with E-state index in [1.54, 1.807) is 6.07 Å². The Morgan fingerprint density at radius 3 is 2.73 bits per heavy atom. The number of rotatable bonds is 1. The van der Waals surface area contributed by atoms with Gasteiger partial charge < -0.3 is 5.73 Å². The third-order valence-corrected chi connectivity index (χ3v) is 2.07. The minimum Gasteiger partial charge on any atom is -0.326 e. The summed E-state index contributed by atoms with van der Waals surface area (Å²) in [5.74, 6) is 0. The van der Waals surface area contributed by atoms with E-state index < -0.39 is 0 Å².